The standard InChI is InChI=1S/C61H67BN2O/c1-35-26-51-54-52(27-35)64(48-31-42-39(28-36(48)2)56(3,4)22-24-58(42,7)8)50-33-44-41(60(11,12)34-61(44,13)14)30-46(50)62(54)45-29-40-43(59(9,10)25-23-57(40,5)6)32-49(45)63(51)47-20-17-19-38-37-18-15-16-21-53(37)65-55(38)47/h15-21,26-33H,22-25,34H2,1-14H3/i1D3. The first-order chi connectivity index (χ1) is 31.7. The van der Waals surface area contributed by atoms with Crippen LogP contribution in [0.5, 0.6) is 0 Å². The van der Waals surface area contributed by atoms with Gasteiger partial charge in [0.1, 0.15) is 5.58 Å². The molecule has 3 nitrogen and oxygen atoms in total. The highest BCUT2D eigenvalue weighted by molar-refractivity contribution is 7.00. The highest BCUT2D eigenvalue weighted by Gasteiger charge is 2.50. The third kappa shape index (κ3) is 5.61. The van der Waals surface area contributed by atoms with Crippen LogP contribution >= 0.6 is 0 Å². The third-order valence-corrected chi connectivity index (χ3v) is 17.6. The molecule has 330 valence electrons. The predicted molar refractivity (Wildman–Crippen MR) is 278 cm³/mol. The number of furan rings is 1. The molecule has 7 aromatic rings. The van der Waals surface area contributed by atoms with E-state index in [1.165, 1.54) is 49.9 Å². The molecule has 0 radical (unpaired) electrons. The van der Waals surface area contributed by atoms with E-state index in [1.54, 1.807) is 0 Å². The number of hydrogen-bond donors (Lipinski definition) is 0. The zero-order valence-corrected chi connectivity index (χ0v) is 41.1. The zero-order valence-electron chi connectivity index (χ0n) is 44.1. The van der Waals surface area contributed by atoms with Crippen LogP contribution in [0.4, 0.5) is 34.1 Å². The summed E-state index contributed by atoms with van der Waals surface area (Å²) in [4.78, 5) is 4.91. The number of hydrogen-bond acceptors (Lipinski definition) is 3. The van der Waals surface area contributed by atoms with Crippen molar-refractivity contribution in [3.05, 3.63) is 136 Å². The lowest BCUT2D eigenvalue weighted by molar-refractivity contribution is 0.332. The van der Waals surface area contributed by atoms with E-state index in [1.807, 2.05) is 18.2 Å². The minimum absolute atomic E-state index is 0.0287. The van der Waals surface area contributed by atoms with E-state index in [4.69, 9.17) is 4.42 Å². The van der Waals surface area contributed by atoms with Crippen molar-refractivity contribution in [2.45, 2.75) is 161 Å². The molecule has 0 bridgehead atoms. The van der Waals surface area contributed by atoms with Crippen molar-refractivity contribution in [3.63, 3.8) is 0 Å². The first-order valence-electron chi connectivity index (χ1n) is 25.9. The molecule has 65 heavy (non-hydrogen) atoms. The fraction of sp³-hybridized carbons (Fsp3) is 0.410. The molecule has 0 fully saturated rings. The number of benzene rings is 6. The average molecular weight is 858 g/mol. The molecule has 0 spiro atoms. The quantitative estimate of drug-likeness (QED) is 0.162. The van der Waals surface area contributed by atoms with E-state index in [0.29, 0.717) is 5.56 Å². The van der Waals surface area contributed by atoms with E-state index in [-0.39, 0.29) is 39.2 Å². The summed E-state index contributed by atoms with van der Waals surface area (Å²) >= 11 is 0. The molecule has 0 saturated heterocycles. The van der Waals surface area contributed by atoms with E-state index in [9.17, 15) is 4.11 Å². The lowest BCUT2D eigenvalue weighted by atomic mass is 9.32. The number of fused-ring (bicyclic) bond motifs is 10. The van der Waals surface area contributed by atoms with Gasteiger partial charge in [-0.1, -0.05) is 132 Å². The normalized spacial score (nSPS) is 21.7. The minimum Gasteiger partial charge on any atom is -0.454 e. The topological polar surface area (TPSA) is 19.6 Å². The van der Waals surface area contributed by atoms with Gasteiger partial charge in [0.05, 0.1) is 5.69 Å². The molecule has 0 amide bonds. The summed E-state index contributed by atoms with van der Waals surface area (Å²) in [5.41, 5.74) is 21.3. The van der Waals surface area contributed by atoms with Crippen LogP contribution in [0.1, 0.15) is 164 Å². The van der Waals surface area contributed by atoms with Crippen LogP contribution in [0.15, 0.2) is 95.4 Å². The summed E-state index contributed by atoms with van der Waals surface area (Å²) in [5.74, 6) is 0. The second kappa shape index (κ2) is 12.8. The molecule has 2 aliphatic heterocycles. The summed E-state index contributed by atoms with van der Waals surface area (Å²) in [6, 6.07) is 34.0. The maximum Gasteiger partial charge on any atom is 0.252 e. The molecule has 0 atom stereocenters. The Hall–Kier alpha value is -5.22. The fourth-order valence-corrected chi connectivity index (χ4v) is 13.9. The molecule has 12 rings (SSSR count). The largest absolute Gasteiger partial charge is 0.454 e. The highest BCUT2D eigenvalue weighted by Crippen LogP contribution is 2.56. The molecule has 1 aromatic heterocycles. The molecule has 3 heterocycles. The van der Waals surface area contributed by atoms with Crippen molar-refractivity contribution < 1.29 is 8.53 Å². The van der Waals surface area contributed by atoms with Crippen molar-refractivity contribution >= 4 is 79.2 Å². The Kier molecular flexibility index (Phi) is 7.48. The predicted octanol–water partition coefficient (Wildman–Crippen LogP) is 14.9. The summed E-state index contributed by atoms with van der Waals surface area (Å²) in [6.45, 7) is 28.7. The van der Waals surface area contributed by atoms with Crippen LogP contribution < -0.4 is 26.2 Å². The van der Waals surface area contributed by atoms with Crippen molar-refractivity contribution in [1.29, 1.82) is 0 Å². The van der Waals surface area contributed by atoms with Crippen LogP contribution in [0.25, 0.3) is 21.9 Å². The van der Waals surface area contributed by atoms with Gasteiger partial charge in [-0.15, -0.1) is 0 Å². The van der Waals surface area contributed by atoms with Crippen LogP contribution in [0.2, 0.25) is 0 Å². The number of rotatable bonds is 2. The number of aryl methyl sites for hydroxylation is 2. The van der Waals surface area contributed by atoms with Gasteiger partial charge < -0.3 is 14.2 Å². The molecule has 0 N–H and O–H groups in total. The monoisotopic (exact) mass is 858 g/mol. The summed E-state index contributed by atoms with van der Waals surface area (Å²) in [5, 5.41) is 2.11. The average Bonchev–Trinajstić information content (AvgIpc) is 3.73. The van der Waals surface area contributed by atoms with Crippen molar-refractivity contribution in [3.8, 4) is 0 Å². The van der Waals surface area contributed by atoms with Gasteiger partial charge in [-0.3, -0.25) is 0 Å². The second-order valence-electron chi connectivity index (χ2n) is 24.9. The van der Waals surface area contributed by atoms with Crippen molar-refractivity contribution in [2.24, 2.45) is 0 Å². The zero-order chi connectivity index (χ0) is 48.2. The molecule has 4 heteroatoms. The fourth-order valence-electron chi connectivity index (χ4n) is 13.9. The Labute approximate surface area is 392 Å². The van der Waals surface area contributed by atoms with Crippen molar-refractivity contribution in [1.82, 2.24) is 0 Å². The molecule has 0 saturated carbocycles. The Morgan fingerprint density at radius 1 is 0.477 bits per heavy atom. The maximum atomic E-state index is 9.22. The van der Waals surface area contributed by atoms with E-state index in [2.05, 4.69) is 173 Å². The molecule has 3 aliphatic carbocycles. The van der Waals surface area contributed by atoms with Gasteiger partial charge in [0.25, 0.3) is 6.71 Å². The molecule has 6 aromatic carbocycles. The van der Waals surface area contributed by atoms with Crippen LogP contribution in [0, 0.1) is 13.8 Å². The van der Waals surface area contributed by atoms with E-state index >= 15 is 0 Å². The number of nitrogens with zero attached hydrogens (tertiary/aromatic N) is 2. The van der Waals surface area contributed by atoms with Crippen LogP contribution in [-0.2, 0) is 32.5 Å². The first kappa shape index (κ1) is 37.9. The Bertz CT molecular complexity index is 3360. The number of anilines is 6. The smallest absolute Gasteiger partial charge is 0.252 e. The lowest BCUT2D eigenvalue weighted by Gasteiger charge is -2.48. The van der Waals surface area contributed by atoms with Crippen molar-refractivity contribution in [2.75, 3.05) is 9.80 Å². The maximum absolute atomic E-state index is 9.22. The lowest BCUT2D eigenvalue weighted by Crippen LogP contribution is -2.62. The molecular formula is C61H67BN2O. The summed E-state index contributed by atoms with van der Waals surface area (Å²) in [7, 11) is 0. The third-order valence-electron chi connectivity index (χ3n) is 17.6. The highest BCUT2D eigenvalue weighted by atomic mass is 16.3. The van der Waals surface area contributed by atoms with Gasteiger partial charge in [-0.2, -0.15) is 0 Å². The molecule has 5 aliphatic rings. The molecular weight excluding hydrogens is 787 g/mol. The van der Waals surface area contributed by atoms with Gasteiger partial charge in [0, 0.05) is 43.3 Å². The Balaban J connectivity index is 1.26. The summed E-state index contributed by atoms with van der Waals surface area (Å²) in [6.07, 6.45) is 5.48. The van der Waals surface area contributed by atoms with Crippen LogP contribution in [-0.4, -0.2) is 6.71 Å². The van der Waals surface area contributed by atoms with Gasteiger partial charge in [-0.05, 0) is 182 Å². The van der Waals surface area contributed by atoms with Gasteiger partial charge in [-0.25, -0.2) is 0 Å². The summed E-state index contributed by atoms with van der Waals surface area (Å²) < 4.78 is 34.6. The SMILES string of the molecule is [2H]C([2H])([2H])c1cc2c3c(c1)N(c1cccc4c1oc1ccccc14)c1cc4c(cc1B3c1cc3c(cc1N2c1cc2c(cc1C)C(C)(C)CCC2(C)C)C(C)(C)CC3(C)C)C(C)(C)CCC4(C)C. The Morgan fingerprint density at radius 2 is 0.938 bits per heavy atom. The number of para-hydroxylation sites is 2. The second-order valence-corrected chi connectivity index (χ2v) is 24.9. The van der Waals surface area contributed by atoms with E-state index in [0.717, 1.165) is 93.6 Å². The van der Waals surface area contributed by atoms with E-state index < -0.39 is 6.85 Å². The first-order valence-corrected chi connectivity index (χ1v) is 24.4. The molecule has 0 unspecified atom stereocenters. The Morgan fingerprint density at radius 3 is 1.51 bits per heavy atom. The van der Waals surface area contributed by atoms with Crippen LogP contribution in [0.3, 0.4) is 0 Å². The van der Waals surface area contributed by atoms with Gasteiger partial charge in [0.15, 0.2) is 5.58 Å². The van der Waals surface area contributed by atoms with Gasteiger partial charge in [0.2, 0.25) is 0 Å². The van der Waals surface area contributed by atoms with Gasteiger partial charge >= 0.3 is 0 Å². The minimum atomic E-state index is -2.38.